The van der Waals surface area contributed by atoms with Gasteiger partial charge in [-0.15, -0.1) is 21.5 Å². The summed E-state index contributed by atoms with van der Waals surface area (Å²) in [4.78, 5) is 14.7. The highest BCUT2D eigenvalue weighted by atomic mass is 32.1. The molecule has 2 aromatic heterocycles. The lowest BCUT2D eigenvalue weighted by atomic mass is 10.3. The van der Waals surface area contributed by atoms with E-state index in [9.17, 15) is 4.79 Å². The van der Waals surface area contributed by atoms with Crippen LogP contribution >= 0.6 is 22.7 Å². The molecule has 2 heterocycles. The largest absolute Gasteiger partial charge is 0.476 e. The Labute approximate surface area is 99.0 Å². The van der Waals surface area contributed by atoms with Crippen LogP contribution in [0.3, 0.4) is 0 Å². The molecule has 2 rings (SSSR count). The van der Waals surface area contributed by atoms with E-state index < -0.39 is 5.97 Å². The van der Waals surface area contributed by atoms with E-state index in [2.05, 4.69) is 20.5 Å². The van der Waals surface area contributed by atoms with Crippen molar-refractivity contribution in [2.75, 3.05) is 5.32 Å². The number of nitrogens with one attached hydrogen (secondary N) is 1. The van der Waals surface area contributed by atoms with E-state index >= 15 is 0 Å². The maximum absolute atomic E-state index is 10.7. The summed E-state index contributed by atoms with van der Waals surface area (Å²) in [7, 11) is 0. The van der Waals surface area contributed by atoms with Gasteiger partial charge in [0.2, 0.25) is 5.13 Å². The molecular weight excluding hydrogens is 248 g/mol. The van der Waals surface area contributed by atoms with Crippen LogP contribution in [0.15, 0.2) is 10.9 Å². The Morgan fingerprint density at radius 3 is 2.94 bits per heavy atom. The Morgan fingerprint density at radius 2 is 2.38 bits per heavy atom. The van der Waals surface area contributed by atoms with E-state index in [1.807, 2.05) is 6.92 Å². The fraction of sp³-hybridized carbons (Fsp3) is 0.250. The standard InChI is InChI=1S/C8H8N4O2S2/c1-4(10-8-12-9-3-16-8)6-11-5(2-15-6)7(13)14/h2-4H,1H3,(H,10,12)(H,13,14). The lowest BCUT2D eigenvalue weighted by Crippen LogP contribution is -2.07. The summed E-state index contributed by atoms with van der Waals surface area (Å²) >= 11 is 2.70. The zero-order valence-electron chi connectivity index (χ0n) is 8.25. The molecule has 84 valence electrons. The Kier molecular flexibility index (Phi) is 3.11. The van der Waals surface area contributed by atoms with Crippen molar-refractivity contribution in [3.8, 4) is 0 Å². The van der Waals surface area contributed by atoms with Crippen LogP contribution in [0.5, 0.6) is 0 Å². The predicted molar refractivity (Wildman–Crippen MR) is 61.0 cm³/mol. The van der Waals surface area contributed by atoms with Crippen molar-refractivity contribution in [3.05, 3.63) is 21.6 Å². The van der Waals surface area contributed by atoms with Crippen molar-refractivity contribution in [2.45, 2.75) is 13.0 Å². The van der Waals surface area contributed by atoms with Crippen molar-refractivity contribution in [1.29, 1.82) is 0 Å². The molecule has 0 amide bonds. The van der Waals surface area contributed by atoms with Gasteiger partial charge in [0, 0.05) is 5.38 Å². The molecule has 6 nitrogen and oxygen atoms in total. The van der Waals surface area contributed by atoms with E-state index in [1.165, 1.54) is 28.1 Å². The Hall–Kier alpha value is -1.54. The first-order chi connectivity index (χ1) is 7.66. The average molecular weight is 256 g/mol. The second kappa shape index (κ2) is 4.54. The molecule has 2 N–H and O–H groups in total. The van der Waals surface area contributed by atoms with Crippen LogP contribution in [0.2, 0.25) is 0 Å². The van der Waals surface area contributed by atoms with Crippen LogP contribution in [-0.2, 0) is 0 Å². The summed E-state index contributed by atoms with van der Waals surface area (Å²) in [6.07, 6.45) is 0. The number of anilines is 1. The van der Waals surface area contributed by atoms with Gasteiger partial charge < -0.3 is 10.4 Å². The average Bonchev–Trinajstić information content (AvgIpc) is 2.86. The second-order valence-electron chi connectivity index (χ2n) is 2.99. The summed E-state index contributed by atoms with van der Waals surface area (Å²) in [5.74, 6) is -1.01. The van der Waals surface area contributed by atoms with E-state index in [0.717, 1.165) is 0 Å². The molecule has 0 fully saturated rings. The maximum Gasteiger partial charge on any atom is 0.355 e. The van der Waals surface area contributed by atoms with Gasteiger partial charge >= 0.3 is 5.97 Å². The van der Waals surface area contributed by atoms with E-state index in [4.69, 9.17) is 5.11 Å². The number of carboxylic acid groups (broad SMARTS) is 1. The van der Waals surface area contributed by atoms with E-state index in [1.54, 1.807) is 5.51 Å². The smallest absolute Gasteiger partial charge is 0.355 e. The molecule has 0 saturated carbocycles. The molecule has 0 aromatic carbocycles. The molecule has 0 radical (unpaired) electrons. The van der Waals surface area contributed by atoms with Crippen LogP contribution < -0.4 is 5.32 Å². The van der Waals surface area contributed by atoms with Gasteiger partial charge in [-0.05, 0) is 6.92 Å². The van der Waals surface area contributed by atoms with Crippen LogP contribution in [0.25, 0.3) is 0 Å². The summed E-state index contributed by atoms with van der Waals surface area (Å²) in [6.45, 7) is 1.89. The third kappa shape index (κ3) is 2.34. The number of thiazole rings is 1. The van der Waals surface area contributed by atoms with Gasteiger partial charge in [0.1, 0.15) is 10.5 Å². The first-order valence-corrected chi connectivity index (χ1v) is 6.14. The summed E-state index contributed by atoms with van der Waals surface area (Å²) in [5.41, 5.74) is 1.70. The Morgan fingerprint density at radius 1 is 1.56 bits per heavy atom. The number of carboxylic acids is 1. The normalized spacial score (nSPS) is 12.3. The highest BCUT2D eigenvalue weighted by Gasteiger charge is 2.14. The summed E-state index contributed by atoms with van der Waals surface area (Å²) in [5, 5.41) is 22.3. The van der Waals surface area contributed by atoms with Crippen LogP contribution in [0.4, 0.5) is 5.13 Å². The fourth-order valence-corrected chi connectivity index (χ4v) is 2.40. The molecule has 1 atom stereocenters. The van der Waals surface area contributed by atoms with Crippen molar-refractivity contribution in [1.82, 2.24) is 15.2 Å². The lowest BCUT2D eigenvalue weighted by molar-refractivity contribution is 0.0691. The highest BCUT2D eigenvalue weighted by molar-refractivity contribution is 7.13. The molecule has 0 aliphatic heterocycles. The summed E-state index contributed by atoms with van der Waals surface area (Å²) < 4.78 is 0. The predicted octanol–water partition coefficient (Wildman–Crippen LogP) is 1.87. The molecule has 0 aliphatic rings. The topological polar surface area (TPSA) is 88.0 Å². The first-order valence-electron chi connectivity index (χ1n) is 4.38. The Balaban J connectivity index is 2.08. The number of hydrogen-bond donors (Lipinski definition) is 2. The molecule has 2 aromatic rings. The molecule has 1 unspecified atom stereocenters. The first kappa shape index (κ1) is 11.0. The number of hydrogen-bond acceptors (Lipinski definition) is 7. The third-order valence-corrected chi connectivity index (χ3v) is 3.46. The van der Waals surface area contributed by atoms with Gasteiger partial charge in [-0.2, -0.15) is 0 Å². The molecule has 16 heavy (non-hydrogen) atoms. The van der Waals surface area contributed by atoms with Crippen LogP contribution in [0, 0.1) is 0 Å². The minimum absolute atomic E-state index is 0.0749. The van der Waals surface area contributed by atoms with Crippen molar-refractivity contribution >= 4 is 33.8 Å². The Bertz CT molecular complexity index is 482. The van der Waals surface area contributed by atoms with Crippen molar-refractivity contribution < 1.29 is 9.90 Å². The number of nitrogens with zero attached hydrogens (tertiary/aromatic N) is 3. The number of aromatic carboxylic acids is 1. The molecule has 8 heteroatoms. The quantitative estimate of drug-likeness (QED) is 0.868. The zero-order valence-corrected chi connectivity index (χ0v) is 9.88. The molecular formula is C8H8N4O2S2. The SMILES string of the molecule is CC(Nc1nncs1)c1nc(C(=O)O)cs1. The fourth-order valence-electron chi connectivity index (χ4n) is 1.07. The summed E-state index contributed by atoms with van der Waals surface area (Å²) in [6, 6.07) is -0.0777. The highest BCUT2D eigenvalue weighted by Crippen LogP contribution is 2.22. The molecule has 0 saturated heterocycles. The van der Waals surface area contributed by atoms with Crippen molar-refractivity contribution in [3.63, 3.8) is 0 Å². The van der Waals surface area contributed by atoms with E-state index in [-0.39, 0.29) is 11.7 Å². The molecule has 0 bridgehead atoms. The van der Waals surface area contributed by atoms with Gasteiger partial charge in [0.05, 0.1) is 6.04 Å². The van der Waals surface area contributed by atoms with Crippen LogP contribution in [-0.4, -0.2) is 26.3 Å². The minimum atomic E-state index is -1.01. The lowest BCUT2D eigenvalue weighted by Gasteiger charge is -2.08. The van der Waals surface area contributed by atoms with Crippen LogP contribution in [0.1, 0.15) is 28.5 Å². The molecule has 0 aliphatic carbocycles. The van der Waals surface area contributed by atoms with E-state index in [0.29, 0.717) is 10.1 Å². The van der Waals surface area contributed by atoms with Gasteiger partial charge in [-0.25, -0.2) is 9.78 Å². The zero-order chi connectivity index (χ0) is 11.5. The number of rotatable bonds is 4. The van der Waals surface area contributed by atoms with Gasteiger partial charge in [0.25, 0.3) is 0 Å². The molecule has 0 spiro atoms. The number of aromatic nitrogens is 3. The minimum Gasteiger partial charge on any atom is -0.476 e. The third-order valence-electron chi connectivity index (χ3n) is 1.81. The maximum atomic E-state index is 10.7. The van der Waals surface area contributed by atoms with Gasteiger partial charge in [-0.1, -0.05) is 11.3 Å². The van der Waals surface area contributed by atoms with Gasteiger partial charge in [0.15, 0.2) is 5.69 Å². The van der Waals surface area contributed by atoms with Crippen molar-refractivity contribution in [2.24, 2.45) is 0 Å². The monoisotopic (exact) mass is 256 g/mol. The second-order valence-corrected chi connectivity index (χ2v) is 4.71. The number of carbonyl (C=O) groups is 1. The van der Waals surface area contributed by atoms with Gasteiger partial charge in [-0.3, -0.25) is 0 Å².